The molecule has 2 atom stereocenters. The van der Waals surface area contributed by atoms with Crippen molar-refractivity contribution in [3.8, 4) is 0 Å². The molecule has 1 N–H and O–H groups in total. The third kappa shape index (κ3) is 2.41. The topological polar surface area (TPSA) is 58.4 Å². The Balaban J connectivity index is 2.04. The van der Waals surface area contributed by atoms with Gasteiger partial charge in [0.25, 0.3) is 0 Å². The van der Waals surface area contributed by atoms with Crippen molar-refractivity contribution in [3.63, 3.8) is 0 Å². The molecular weight excluding hydrogens is 230 g/mol. The summed E-state index contributed by atoms with van der Waals surface area (Å²) in [5, 5.41) is 7.18. The van der Waals surface area contributed by atoms with Gasteiger partial charge in [-0.1, -0.05) is 12.1 Å². The number of aryl methyl sites for hydroxylation is 2. The lowest BCUT2D eigenvalue weighted by Gasteiger charge is -2.22. The third-order valence-electron chi connectivity index (χ3n) is 3.79. The van der Waals surface area contributed by atoms with E-state index in [0.29, 0.717) is 12.5 Å². The summed E-state index contributed by atoms with van der Waals surface area (Å²) in [7, 11) is 1.85. The van der Waals surface area contributed by atoms with E-state index in [2.05, 4.69) is 17.4 Å². The highest BCUT2D eigenvalue weighted by Gasteiger charge is 2.31. The fourth-order valence-corrected chi connectivity index (χ4v) is 2.47. The number of nitrogens with zero attached hydrogens (tertiary/aromatic N) is 2. The fourth-order valence-electron chi connectivity index (χ4n) is 2.47. The lowest BCUT2D eigenvalue weighted by atomic mass is 9.96. The van der Waals surface area contributed by atoms with E-state index in [1.54, 1.807) is 4.90 Å². The SMILES string of the molecule is Cc1noc(C)c1CN(C)C(=O)[C@@H]1CNC[C@H]1C. The number of nitrogens with one attached hydrogen (secondary N) is 1. The molecule has 5 heteroatoms. The van der Waals surface area contributed by atoms with E-state index in [1.807, 2.05) is 20.9 Å². The van der Waals surface area contributed by atoms with E-state index in [0.717, 1.165) is 30.1 Å². The Morgan fingerprint density at radius 1 is 1.50 bits per heavy atom. The van der Waals surface area contributed by atoms with Gasteiger partial charge in [0.2, 0.25) is 5.91 Å². The van der Waals surface area contributed by atoms with Crippen LogP contribution in [-0.4, -0.2) is 36.1 Å². The van der Waals surface area contributed by atoms with Crippen LogP contribution in [0.15, 0.2) is 4.52 Å². The van der Waals surface area contributed by atoms with Gasteiger partial charge in [-0.05, 0) is 26.3 Å². The van der Waals surface area contributed by atoms with Gasteiger partial charge in [0.1, 0.15) is 5.76 Å². The van der Waals surface area contributed by atoms with E-state index >= 15 is 0 Å². The van der Waals surface area contributed by atoms with Crippen LogP contribution in [0.1, 0.15) is 23.9 Å². The van der Waals surface area contributed by atoms with E-state index in [-0.39, 0.29) is 11.8 Å². The highest BCUT2D eigenvalue weighted by Crippen LogP contribution is 2.20. The minimum Gasteiger partial charge on any atom is -0.361 e. The van der Waals surface area contributed by atoms with Crippen molar-refractivity contribution in [2.45, 2.75) is 27.3 Å². The Labute approximate surface area is 108 Å². The molecule has 0 aliphatic carbocycles. The zero-order chi connectivity index (χ0) is 13.3. The van der Waals surface area contributed by atoms with Crippen molar-refractivity contribution >= 4 is 5.91 Å². The number of carbonyl (C=O) groups is 1. The summed E-state index contributed by atoms with van der Waals surface area (Å²) in [4.78, 5) is 14.1. The summed E-state index contributed by atoms with van der Waals surface area (Å²) in [6.45, 7) is 8.19. The summed E-state index contributed by atoms with van der Waals surface area (Å²) in [5.41, 5.74) is 1.88. The number of amides is 1. The number of aromatic nitrogens is 1. The molecule has 1 aromatic rings. The van der Waals surface area contributed by atoms with Gasteiger partial charge in [-0.3, -0.25) is 4.79 Å². The summed E-state index contributed by atoms with van der Waals surface area (Å²) in [5.74, 6) is 1.50. The fraction of sp³-hybridized carbons (Fsp3) is 0.692. The van der Waals surface area contributed by atoms with Gasteiger partial charge in [-0.2, -0.15) is 0 Å². The smallest absolute Gasteiger partial charge is 0.227 e. The number of hydrogen-bond acceptors (Lipinski definition) is 4. The molecule has 18 heavy (non-hydrogen) atoms. The van der Waals surface area contributed by atoms with E-state index in [1.165, 1.54) is 0 Å². The molecule has 0 unspecified atom stereocenters. The minimum absolute atomic E-state index is 0.0930. The van der Waals surface area contributed by atoms with Crippen LogP contribution in [0.3, 0.4) is 0 Å². The van der Waals surface area contributed by atoms with Gasteiger partial charge in [0.15, 0.2) is 0 Å². The molecular formula is C13H21N3O2. The van der Waals surface area contributed by atoms with Crippen molar-refractivity contribution in [2.24, 2.45) is 11.8 Å². The molecule has 5 nitrogen and oxygen atoms in total. The highest BCUT2D eigenvalue weighted by molar-refractivity contribution is 5.79. The second kappa shape index (κ2) is 5.10. The Hall–Kier alpha value is -1.36. The molecule has 2 heterocycles. The van der Waals surface area contributed by atoms with Crippen LogP contribution in [0, 0.1) is 25.7 Å². The Bertz CT molecular complexity index is 422. The van der Waals surface area contributed by atoms with Crippen molar-refractivity contribution in [2.75, 3.05) is 20.1 Å². The molecule has 1 aliphatic heterocycles. The first kappa shape index (κ1) is 13.1. The zero-order valence-electron chi connectivity index (χ0n) is 11.5. The molecule has 1 saturated heterocycles. The average Bonchev–Trinajstić information content (AvgIpc) is 2.88. The first-order valence-corrected chi connectivity index (χ1v) is 6.38. The number of hydrogen-bond donors (Lipinski definition) is 1. The molecule has 0 saturated carbocycles. The summed E-state index contributed by atoms with van der Waals surface area (Å²) in [6.07, 6.45) is 0. The highest BCUT2D eigenvalue weighted by atomic mass is 16.5. The molecule has 1 aromatic heterocycles. The average molecular weight is 251 g/mol. The maximum absolute atomic E-state index is 12.3. The first-order valence-electron chi connectivity index (χ1n) is 6.38. The van der Waals surface area contributed by atoms with Crippen LogP contribution in [0.5, 0.6) is 0 Å². The van der Waals surface area contributed by atoms with Gasteiger partial charge in [-0.25, -0.2) is 0 Å². The quantitative estimate of drug-likeness (QED) is 0.874. The Kier molecular flexibility index (Phi) is 3.71. The molecule has 2 rings (SSSR count). The normalized spacial score (nSPS) is 23.3. The maximum Gasteiger partial charge on any atom is 0.227 e. The van der Waals surface area contributed by atoms with Crippen molar-refractivity contribution in [1.29, 1.82) is 0 Å². The molecule has 1 amide bonds. The molecule has 0 aromatic carbocycles. The second-order valence-corrected chi connectivity index (χ2v) is 5.24. The Morgan fingerprint density at radius 2 is 2.22 bits per heavy atom. The zero-order valence-corrected chi connectivity index (χ0v) is 11.5. The van der Waals surface area contributed by atoms with Crippen molar-refractivity contribution < 1.29 is 9.32 Å². The summed E-state index contributed by atoms with van der Waals surface area (Å²) < 4.78 is 5.12. The van der Waals surface area contributed by atoms with Crippen LogP contribution in [0.4, 0.5) is 0 Å². The standard InChI is InChI=1S/C13H21N3O2/c1-8-5-14-6-11(8)13(17)16(4)7-12-9(2)15-18-10(12)3/h8,11,14H,5-7H2,1-4H3/t8-,11-/m1/s1. The van der Waals surface area contributed by atoms with Crippen molar-refractivity contribution in [1.82, 2.24) is 15.4 Å². The van der Waals surface area contributed by atoms with Crippen LogP contribution in [0.2, 0.25) is 0 Å². The molecule has 0 bridgehead atoms. The van der Waals surface area contributed by atoms with Gasteiger partial charge in [-0.15, -0.1) is 0 Å². The first-order chi connectivity index (χ1) is 8.50. The monoisotopic (exact) mass is 251 g/mol. The lowest BCUT2D eigenvalue weighted by Crippen LogP contribution is -2.35. The second-order valence-electron chi connectivity index (χ2n) is 5.24. The van der Waals surface area contributed by atoms with Gasteiger partial charge in [0.05, 0.1) is 18.2 Å². The van der Waals surface area contributed by atoms with Gasteiger partial charge in [0, 0.05) is 19.2 Å². The molecule has 1 fully saturated rings. The molecule has 1 aliphatic rings. The van der Waals surface area contributed by atoms with Crippen LogP contribution in [-0.2, 0) is 11.3 Å². The lowest BCUT2D eigenvalue weighted by molar-refractivity contribution is -0.135. The minimum atomic E-state index is 0.0930. The third-order valence-corrected chi connectivity index (χ3v) is 3.79. The summed E-state index contributed by atoms with van der Waals surface area (Å²) in [6, 6.07) is 0. The van der Waals surface area contributed by atoms with E-state index in [9.17, 15) is 4.79 Å². The largest absolute Gasteiger partial charge is 0.361 e. The maximum atomic E-state index is 12.3. The number of carbonyl (C=O) groups excluding carboxylic acids is 1. The van der Waals surface area contributed by atoms with Crippen LogP contribution < -0.4 is 5.32 Å². The Morgan fingerprint density at radius 3 is 2.72 bits per heavy atom. The predicted molar refractivity (Wildman–Crippen MR) is 68.0 cm³/mol. The van der Waals surface area contributed by atoms with Crippen molar-refractivity contribution in [3.05, 3.63) is 17.0 Å². The molecule has 0 spiro atoms. The van der Waals surface area contributed by atoms with E-state index < -0.39 is 0 Å². The number of rotatable bonds is 3. The van der Waals surface area contributed by atoms with Gasteiger partial charge < -0.3 is 14.7 Å². The van der Waals surface area contributed by atoms with Crippen LogP contribution in [0.25, 0.3) is 0 Å². The molecule has 0 radical (unpaired) electrons. The van der Waals surface area contributed by atoms with E-state index in [4.69, 9.17) is 4.52 Å². The summed E-state index contributed by atoms with van der Waals surface area (Å²) >= 11 is 0. The van der Waals surface area contributed by atoms with Crippen LogP contribution >= 0.6 is 0 Å². The molecule has 100 valence electrons. The van der Waals surface area contributed by atoms with Gasteiger partial charge >= 0.3 is 0 Å². The predicted octanol–water partition coefficient (Wildman–Crippen LogP) is 1.11.